The zero-order chi connectivity index (χ0) is 12.6. The quantitative estimate of drug-likeness (QED) is 0.731. The predicted molar refractivity (Wildman–Crippen MR) is 68.5 cm³/mol. The van der Waals surface area contributed by atoms with Crippen molar-refractivity contribution in [3.63, 3.8) is 0 Å². The monoisotopic (exact) mass is 239 g/mol. The average Bonchev–Trinajstić information content (AvgIpc) is 3.04. The molecule has 98 valence electrons. The van der Waals surface area contributed by atoms with Gasteiger partial charge in [0.15, 0.2) is 0 Å². The van der Waals surface area contributed by atoms with Gasteiger partial charge in [0.25, 0.3) is 0 Å². The molecule has 0 aromatic carbocycles. The number of rotatable bonds is 5. The molecular formula is C13H25N3O. The van der Waals surface area contributed by atoms with Gasteiger partial charge in [-0.3, -0.25) is 4.79 Å². The first-order valence-electron chi connectivity index (χ1n) is 6.70. The number of nitrogens with two attached hydrogens (primary N) is 1. The first kappa shape index (κ1) is 12.8. The minimum Gasteiger partial charge on any atom is -0.368 e. The molecule has 0 aromatic heterocycles. The van der Waals surface area contributed by atoms with E-state index in [0.717, 1.165) is 44.3 Å². The molecule has 1 saturated heterocycles. The van der Waals surface area contributed by atoms with E-state index in [9.17, 15) is 4.79 Å². The van der Waals surface area contributed by atoms with E-state index in [1.807, 2.05) is 7.05 Å². The number of primary amides is 1. The van der Waals surface area contributed by atoms with E-state index in [1.165, 1.54) is 0 Å². The lowest BCUT2D eigenvalue weighted by Gasteiger charge is -2.34. The maximum Gasteiger partial charge on any atom is 0.239 e. The van der Waals surface area contributed by atoms with Crippen LogP contribution in [0.1, 0.15) is 26.7 Å². The minimum absolute atomic E-state index is 0.185. The summed E-state index contributed by atoms with van der Waals surface area (Å²) in [6.07, 6.45) is 2.26. The van der Waals surface area contributed by atoms with E-state index < -0.39 is 5.54 Å². The van der Waals surface area contributed by atoms with Crippen LogP contribution in [0, 0.1) is 17.8 Å². The third-order valence-corrected chi connectivity index (χ3v) is 4.70. The van der Waals surface area contributed by atoms with Gasteiger partial charge in [-0.15, -0.1) is 0 Å². The third-order valence-electron chi connectivity index (χ3n) is 4.70. The fourth-order valence-electron chi connectivity index (χ4n) is 3.12. The summed E-state index contributed by atoms with van der Waals surface area (Å²) < 4.78 is 0. The lowest BCUT2D eigenvalue weighted by molar-refractivity contribution is -0.126. The molecule has 3 N–H and O–H groups in total. The largest absolute Gasteiger partial charge is 0.368 e. The molecule has 3 atom stereocenters. The van der Waals surface area contributed by atoms with Gasteiger partial charge in [0.05, 0.1) is 0 Å². The van der Waals surface area contributed by atoms with E-state index in [4.69, 9.17) is 5.73 Å². The molecule has 2 aliphatic rings. The number of nitrogens with zero attached hydrogens (tertiary/aromatic N) is 1. The molecule has 0 radical (unpaired) electrons. The van der Waals surface area contributed by atoms with Crippen molar-refractivity contribution in [2.45, 2.75) is 32.2 Å². The van der Waals surface area contributed by atoms with Crippen molar-refractivity contribution in [1.82, 2.24) is 10.2 Å². The lowest BCUT2D eigenvalue weighted by Crippen LogP contribution is -2.61. The molecule has 1 aliphatic carbocycles. The standard InChI is InChI=1S/C13H25N3O/c1-9-6-16(7-10(9)2)8-13(15-3,12(14)17)11-4-5-11/h9-11,15H,4-8H2,1-3H3,(H2,14,17). The van der Waals surface area contributed by atoms with Crippen LogP contribution in [-0.4, -0.2) is 43.0 Å². The Morgan fingerprint density at radius 3 is 2.24 bits per heavy atom. The molecule has 4 nitrogen and oxygen atoms in total. The van der Waals surface area contributed by atoms with E-state index >= 15 is 0 Å². The topological polar surface area (TPSA) is 58.4 Å². The van der Waals surface area contributed by atoms with Crippen molar-refractivity contribution in [2.24, 2.45) is 23.5 Å². The zero-order valence-electron chi connectivity index (χ0n) is 11.2. The summed E-state index contributed by atoms with van der Waals surface area (Å²) in [5.41, 5.74) is 5.15. The molecule has 1 heterocycles. The van der Waals surface area contributed by atoms with Crippen LogP contribution in [0.4, 0.5) is 0 Å². The highest BCUT2D eigenvalue weighted by molar-refractivity contribution is 5.86. The van der Waals surface area contributed by atoms with E-state index in [1.54, 1.807) is 0 Å². The first-order chi connectivity index (χ1) is 7.99. The molecule has 17 heavy (non-hydrogen) atoms. The van der Waals surface area contributed by atoms with Crippen LogP contribution in [-0.2, 0) is 4.79 Å². The summed E-state index contributed by atoms with van der Waals surface area (Å²) in [6.45, 7) is 7.52. The van der Waals surface area contributed by atoms with Gasteiger partial charge in [0.2, 0.25) is 5.91 Å². The Hall–Kier alpha value is -0.610. The normalized spacial score (nSPS) is 33.6. The molecular weight excluding hydrogens is 214 g/mol. The molecule has 1 amide bonds. The number of amides is 1. The molecule has 2 fully saturated rings. The van der Waals surface area contributed by atoms with Gasteiger partial charge in [0.1, 0.15) is 5.54 Å². The van der Waals surface area contributed by atoms with Crippen molar-refractivity contribution in [2.75, 3.05) is 26.7 Å². The number of nitrogens with one attached hydrogen (secondary N) is 1. The highest BCUT2D eigenvalue weighted by Crippen LogP contribution is 2.40. The second-order valence-corrected chi connectivity index (χ2v) is 6.01. The van der Waals surface area contributed by atoms with E-state index in [2.05, 4.69) is 24.1 Å². The number of carbonyl (C=O) groups excluding carboxylic acids is 1. The summed E-state index contributed by atoms with van der Waals surface area (Å²) in [7, 11) is 1.87. The van der Waals surface area contributed by atoms with Crippen LogP contribution in [0.15, 0.2) is 0 Å². The van der Waals surface area contributed by atoms with Gasteiger partial charge in [-0.05, 0) is 37.6 Å². The van der Waals surface area contributed by atoms with Crippen molar-refractivity contribution in [1.29, 1.82) is 0 Å². The molecule has 0 spiro atoms. The number of likely N-dealkylation sites (N-methyl/N-ethyl adjacent to an activating group) is 1. The molecule has 1 saturated carbocycles. The van der Waals surface area contributed by atoms with Gasteiger partial charge in [-0.25, -0.2) is 0 Å². The number of carbonyl (C=O) groups is 1. The van der Waals surface area contributed by atoms with Gasteiger partial charge in [0, 0.05) is 19.6 Å². The smallest absolute Gasteiger partial charge is 0.239 e. The van der Waals surface area contributed by atoms with Gasteiger partial charge >= 0.3 is 0 Å². The lowest BCUT2D eigenvalue weighted by atomic mass is 9.91. The van der Waals surface area contributed by atoms with Crippen LogP contribution >= 0.6 is 0 Å². The molecule has 3 unspecified atom stereocenters. The summed E-state index contributed by atoms with van der Waals surface area (Å²) in [5, 5.41) is 3.22. The van der Waals surface area contributed by atoms with Crippen molar-refractivity contribution in [3.8, 4) is 0 Å². The maximum atomic E-state index is 11.8. The molecule has 0 aromatic rings. The number of hydrogen-bond acceptors (Lipinski definition) is 3. The Kier molecular flexibility index (Phi) is 3.46. The van der Waals surface area contributed by atoms with E-state index in [-0.39, 0.29) is 5.91 Å². The van der Waals surface area contributed by atoms with Crippen LogP contribution in [0.3, 0.4) is 0 Å². The second kappa shape index (κ2) is 4.58. The Balaban J connectivity index is 2.05. The fourth-order valence-corrected chi connectivity index (χ4v) is 3.12. The van der Waals surface area contributed by atoms with Gasteiger partial charge in [-0.1, -0.05) is 13.8 Å². The van der Waals surface area contributed by atoms with Crippen LogP contribution < -0.4 is 11.1 Å². The van der Waals surface area contributed by atoms with Crippen LogP contribution in [0.25, 0.3) is 0 Å². The van der Waals surface area contributed by atoms with Crippen molar-refractivity contribution in [3.05, 3.63) is 0 Å². The number of hydrogen-bond donors (Lipinski definition) is 2. The summed E-state index contributed by atoms with van der Waals surface area (Å²) in [5.74, 6) is 1.69. The molecule has 0 bridgehead atoms. The Labute approximate surface area is 104 Å². The van der Waals surface area contributed by atoms with Crippen molar-refractivity contribution >= 4 is 5.91 Å². The average molecular weight is 239 g/mol. The Morgan fingerprint density at radius 1 is 1.35 bits per heavy atom. The summed E-state index contributed by atoms with van der Waals surface area (Å²) >= 11 is 0. The molecule has 2 rings (SSSR count). The van der Waals surface area contributed by atoms with Gasteiger partial charge < -0.3 is 16.0 Å². The fraction of sp³-hybridized carbons (Fsp3) is 0.923. The van der Waals surface area contributed by atoms with Crippen LogP contribution in [0.2, 0.25) is 0 Å². The Morgan fingerprint density at radius 2 is 1.88 bits per heavy atom. The van der Waals surface area contributed by atoms with Crippen LogP contribution in [0.5, 0.6) is 0 Å². The van der Waals surface area contributed by atoms with Gasteiger partial charge in [-0.2, -0.15) is 0 Å². The predicted octanol–water partition coefficient (Wildman–Crippen LogP) is 0.428. The van der Waals surface area contributed by atoms with Crippen molar-refractivity contribution < 1.29 is 4.79 Å². The highest BCUT2D eigenvalue weighted by atomic mass is 16.1. The van der Waals surface area contributed by atoms with E-state index in [0.29, 0.717) is 5.92 Å². The second-order valence-electron chi connectivity index (χ2n) is 6.01. The molecule has 4 heteroatoms. The number of likely N-dealkylation sites (tertiary alicyclic amines) is 1. The summed E-state index contributed by atoms with van der Waals surface area (Å²) in [4.78, 5) is 14.2. The Bertz CT molecular complexity index is 293. The highest BCUT2D eigenvalue weighted by Gasteiger charge is 2.50. The maximum absolute atomic E-state index is 11.8. The first-order valence-corrected chi connectivity index (χ1v) is 6.70. The minimum atomic E-state index is -0.496. The summed E-state index contributed by atoms with van der Waals surface area (Å²) in [6, 6.07) is 0. The SMILES string of the molecule is CNC(CN1CC(C)C(C)C1)(C(N)=O)C1CC1. The third kappa shape index (κ3) is 2.33. The zero-order valence-corrected chi connectivity index (χ0v) is 11.2. The molecule has 1 aliphatic heterocycles.